The van der Waals surface area contributed by atoms with E-state index in [4.69, 9.17) is 32.0 Å². The van der Waals surface area contributed by atoms with Crippen molar-refractivity contribution in [3.63, 3.8) is 0 Å². The molecule has 3 heterocycles. The summed E-state index contributed by atoms with van der Waals surface area (Å²) in [7, 11) is 0. The minimum atomic E-state index is -5.08. The van der Waals surface area contributed by atoms with Gasteiger partial charge in [0.1, 0.15) is 5.82 Å². The molecule has 4 rings (SSSR count). The number of hydrogen-bond donors (Lipinski definition) is 3. The number of guanidine groups is 1. The zero-order valence-corrected chi connectivity index (χ0v) is 22.1. The number of hydrogen-bond acceptors (Lipinski definition) is 7. The fourth-order valence-corrected chi connectivity index (χ4v) is 4.76. The van der Waals surface area contributed by atoms with E-state index in [1.807, 2.05) is 6.92 Å². The van der Waals surface area contributed by atoms with Gasteiger partial charge in [-0.2, -0.15) is 13.2 Å². The van der Waals surface area contributed by atoms with Crippen molar-refractivity contribution in [3.8, 4) is 0 Å². The number of carbonyl (C=O) groups is 3. The number of alkyl halides is 3. The fourth-order valence-electron chi connectivity index (χ4n) is 4.38. The van der Waals surface area contributed by atoms with E-state index in [0.29, 0.717) is 30.7 Å². The summed E-state index contributed by atoms with van der Waals surface area (Å²) in [5.41, 5.74) is 6.19. The molecule has 0 aliphatic carbocycles. The number of carboxylic acid groups (broad SMARTS) is 1. The second kappa shape index (κ2) is 12.2. The van der Waals surface area contributed by atoms with Crippen LogP contribution in [-0.2, 0) is 19.9 Å². The van der Waals surface area contributed by atoms with E-state index in [0.717, 1.165) is 12.3 Å². The van der Waals surface area contributed by atoms with Gasteiger partial charge in [0, 0.05) is 24.4 Å². The highest BCUT2D eigenvalue weighted by molar-refractivity contribution is 6.35. The van der Waals surface area contributed by atoms with Crippen molar-refractivity contribution >= 4 is 41.0 Å². The van der Waals surface area contributed by atoms with E-state index in [1.165, 1.54) is 6.20 Å². The maximum absolute atomic E-state index is 13.4. The van der Waals surface area contributed by atoms with Gasteiger partial charge in [0.15, 0.2) is 5.96 Å². The largest absolute Gasteiger partial charge is 0.490 e. The van der Waals surface area contributed by atoms with Crippen molar-refractivity contribution < 1.29 is 41.8 Å². The number of aliphatic imine (C=N–C) groups is 1. The lowest BCUT2D eigenvalue weighted by molar-refractivity contribution is -0.192. The number of pyridine rings is 1. The standard InChI is InChI=1S/C23H25ClFN5O3.C2HF3O2/c1-13-8-16(6-7-33-13)30-19(31)10-23(2,29-22(30)26)17-4-3-5-18(20(17)24)28-21(32)14-9-15(25)12-27-11-14;3-2(4,5)1(6)7/h3-5,9,11-13,16H,6-8,10H2,1-2H3,(H2,26,29)(H,28,32);(H,6,7)/t13-,16-,23+;/m1./s1. The Bertz CT molecular complexity index is 1320. The molecule has 0 spiro atoms. The van der Waals surface area contributed by atoms with Crippen LogP contribution in [0, 0.1) is 5.82 Å². The Hall–Kier alpha value is -3.78. The summed E-state index contributed by atoms with van der Waals surface area (Å²) in [6, 6.07) is 6.09. The molecule has 10 nitrogen and oxygen atoms in total. The van der Waals surface area contributed by atoms with Crippen molar-refractivity contribution in [1.29, 1.82) is 0 Å². The number of amides is 2. The molecule has 0 unspecified atom stereocenters. The number of nitrogens with one attached hydrogen (secondary N) is 1. The Morgan fingerprint density at radius 3 is 2.55 bits per heavy atom. The number of ether oxygens (including phenoxy) is 1. The molecule has 2 amide bonds. The number of aliphatic carboxylic acids is 1. The molecule has 1 aromatic heterocycles. The van der Waals surface area contributed by atoms with Crippen LogP contribution in [0.3, 0.4) is 0 Å². The number of nitrogens with zero attached hydrogens (tertiary/aromatic N) is 3. The summed E-state index contributed by atoms with van der Waals surface area (Å²) in [4.78, 5) is 44.5. The number of carbonyl (C=O) groups excluding carboxylic acids is 2. The van der Waals surface area contributed by atoms with Crippen molar-refractivity contribution in [1.82, 2.24) is 9.88 Å². The van der Waals surface area contributed by atoms with Gasteiger partial charge in [-0.1, -0.05) is 23.7 Å². The summed E-state index contributed by atoms with van der Waals surface area (Å²) in [5, 5.41) is 10.0. The van der Waals surface area contributed by atoms with Crippen LogP contribution in [0.15, 0.2) is 41.7 Å². The predicted octanol–water partition coefficient (Wildman–Crippen LogP) is 4.09. The number of anilines is 1. The Morgan fingerprint density at radius 1 is 1.30 bits per heavy atom. The first-order chi connectivity index (χ1) is 18.6. The van der Waals surface area contributed by atoms with Crippen LogP contribution in [-0.4, -0.2) is 63.7 Å². The average Bonchev–Trinajstić information content (AvgIpc) is 2.84. The zero-order chi connectivity index (χ0) is 29.8. The average molecular weight is 588 g/mol. The van der Waals surface area contributed by atoms with Crippen LogP contribution in [0.25, 0.3) is 0 Å². The quantitative estimate of drug-likeness (QED) is 0.456. The molecule has 40 heavy (non-hydrogen) atoms. The van der Waals surface area contributed by atoms with Crippen LogP contribution in [0.5, 0.6) is 0 Å². The van der Waals surface area contributed by atoms with Crippen molar-refractivity contribution in [2.24, 2.45) is 10.7 Å². The second-order valence-electron chi connectivity index (χ2n) is 9.36. The van der Waals surface area contributed by atoms with Gasteiger partial charge < -0.3 is 20.9 Å². The summed E-state index contributed by atoms with van der Waals surface area (Å²) >= 11 is 6.64. The molecule has 0 radical (unpaired) electrons. The lowest BCUT2D eigenvalue weighted by atomic mass is 9.86. The van der Waals surface area contributed by atoms with E-state index < -0.39 is 29.4 Å². The summed E-state index contributed by atoms with van der Waals surface area (Å²) in [6.45, 7) is 4.32. The van der Waals surface area contributed by atoms with Gasteiger partial charge >= 0.3 is 12.1 Å². The van der Waals surface area contributed by atoms with Crippen molar-refractivity contribution in [3.05, 3.63) is 58.6 Å². The van der Waals surface area contributed by atoms with Gasteiger partial charge in [0.2, 0.25) is 5.91 Å². The van der Waals surface area contributed by atoms with Crippen LogP contribution in [0.1, 0.15) is 49.0 Å². The molecular formula is C25H26ClF4N5O5. The van der Waals surface area contributed by atoms with E-state index in [-0.39, 0.29) is 41.0 Å². The van der Waals surface area contributed by atoms with Gasteiger partial charge in [-0.3, -0.25) is 19.5 Å². The Balaban J connectivity index is 0.000000559. The fraction of sp³-hybridized carbons (Fsp3) is 0.400. The smallest absolute Gasteiger partial charge is 0.475 e. The maximum Gasteiger partial charge on any atom is 0.490 e. The Kier molecular flexibility index (Phi) is 9.36. The first-order valence-corrected chi connectivity index (χ1v) is 12.3. The predicted molar refractivity (Wildman–Crippen MR) is 136 cm³/mol. The molecule has 2 aliphatic rings. The molecule has 3 atom stereocenters. The minimum absolute atomic E-state index is 0.0423. The van der Waals surface area contributed by atoms with Crippen LogP contribution >= 0.6 is 11.6 Å². The van der Waals surface area contributed by atoms with Gasteiger partial charge in [-0.15, -0.1) is 0 Å². The van der Waals surface area contributed by atoms with Gasteiger partial charge in [-0.25, -0.2) is 14.2 Å². The SMILES string of the molecule is C[C@@H]1C[C@H](N2C(=O)C[C@@](C)(c3cccc(NC(=O)c4cncc(F)c4)c3Cl)N=C2N)CCO1.O=C(O)C(F)(F)F. The first-order valence-electron chi connectivity index (χ1n) is 11.9. The maximum atomic E-state index is 13.4. The van der Waals surface area contributed by atoms with Crippen LogP contribution < -0.4 is 11.1 Å². The third-order valence-corrected chi connectivity index (χ3v) is 6.64. The molecule has 2 aromatic rings. The number of nitrogens with two attached hydrogens (primary N) is 1. The number of halogens is 5. The third-order valence-electron chi connectivity index (χ3n) is 6.23. The summed E-state index contributed by atoms with van der Waals surface area (Å²) in [6.07, 6.45) is -1.31. The first kappa shape index (κ1) is 30.8. The number of benzene rings is 1. The molecule has 4 N–H and O–H groups in total. The number of aromatic nitrogens is 1. The Labute approximate surface area is 231 Å². The minimum Gasteiger partial charge on any atom is -0.475 e. The van der Waals surface area contributed by atoms with E-state index in [2.05, 4.69) is 15.3 Å². The molecule has 2 aliphatic heterocycles. The van der Waals surface area contributed by atoms with E-state index >= 15 is 0 Å². The molecule has 15 heteroatoms. The molecule has 1 fully saturated rings. The van der Waals surface area contributed by atoms with Gasteiger partial charge in [0.05, 0.1) is 40.5 Å². The van der Waals surface area contributed by atoms with E-state index in [1.54, 1.807) is 30.0 Å². The van der Waals surface area contributed by atoms with Crippen LogP contribution in [0.2, 0.25) is 5.02 Å². The lowest BCUT2D eigenvalue weighted by Crippen LogP contribution is -2.56. The van der Waals surface area contributed by atoms with Crippen molar-refractivity contribution in [2.45, 2.75) is 57.0 Å². The summed E-state index contributed by atoms with van der Waals surface area (Å²) in [5.74, 6) is -3.94. The van der Waals surface area contributed by atoms with Gasteiger partial charge in [0.25, 0.3) is 5.91 Å². The number of carboxylic acids is 1. The molecule has 0 bridgehead atoms. The second-order valence-corrected chi connectivity index (χ2v) is 9.74. The Morgan fingerprint density at radius 2 is 1.98 bits per heavy atom. The molecule has 1 aromatic carbocycles. The number of rotatable bonds is 4. The molecule has 1 saturated heterocycles. The highest BCUT2D eigenvalue weighted by atomic mass is 35.5. The monoisotopic (exact) mass is 587 g/mol. The highest BCUT2D eigenvalue weighted by Gasteiger charge is 2.42. The summed E-state index contributed by atoms with van der Waals surface area (Å²) < 4.78 is 50.7. The van der Waals surface area contributed by atoms with E-state index in [9.17, 15) is 27.2 Å². The van der Waals surface area contributed by atoms with Crippen LogP contribution in [0.4, 0.5) is 23.2 Å². The molecular weight excluding hydrogens is 562 g/mol. The third kappa shape index (κ3) is 7.24. The molecule has 216 valence electrons. The molecule has 0 saturated carbocycles. The topological polar surface area (TPSA) is 147 Å². The van der Waals surface area contributed by atoms with Gasteiger partial charge in [-0.05, 0) is 38.8 Å². The zero-order valence-electron chi connectivity index (χ0n) is 21.3. The normalized spacial score (nSPS) is 23.0. The lowest BCUT2D eigenvalue weighted by Gasteiger charge is -2.41. The van der Waals surface area contributed by atoms with Crippen molar-refractivity contribution in [2.75, 3.05) is 11.9 Å². The highest BCUT2D eigenvalue weighted by Crippen LogP contribution is 2.41.